The molecule has 0 spiro atoms. The van der Waals surface area contributed by atoms with E-state index in [0.29, 0.717) is 22.3 Å². The first-order valence-electron chi connectivity index (χ1n) is 8.72. The van der Waals surface area contributed by atoms with Crippen LogP contribution >= 0.6 is 11.3 Å². The minimum atomic E-state index is -1.08. The molecule has 3 N–H and O–H groups in total. The Labute approximate surface area is 171 Å². The number of hydrogen-bond acceptors (Lipinski definition) is 6. The summed E-state index contributed by atoms with van der Waals surface area (Å²) < 4.78 is 30.3. The quantitative estimate of drug-likeness (QED) is 0.337. The number of nitrogens with two attached hydrogens (primary N) is 1. The first kappa shape index (κ1) is 18.1. The Hall–Kier alpha value is -3.92. The fourth-order valence-electron chi connectivity index (χ4n) is 3.13. The van der Waals surface area contributed by atoms with Crippen molar-refractivity contribution in [3.05, 3.63) is 77.5 Å². The van der Waals surface area contributed by atoms with Crippen LogP contribution in [0.2, 0.25) is 0 Å². The van der Waals surface area contributed by atoms with Crippen LogP contribution < -0.4 is 5.73 Å². The lowest BCUT2D eigenvalue weighted by Crippen LogP contribution is -2.09. The van der Waals surface area contributed by atoms with Crippen LogP contribution in [0, 0.1) is 11.6 Å². The number of halogens is 2. The molecule has 4 heterocycles. The third-order valence-electron chi connectivity index (χ3n) is 4.64. The predicted octanol–water partition coefficient (Wildman–Crippen LogP) is 3.96. The maximum atomic E-state index is 14.4. The number of hydrogen-bond donors (Lipinski definition) is 2. The van der Waals surface area contributed by atoms with Crippen molar-refractivity contribution in [2.24, 2.45) is 0 Å². The fourth-order valence-corrected chi connectivity index (χ4v) is 3.92. The Morgan fingerprint density at radius 2 is 2.13 bits per heavy atom. The van der Waals surface area contributed by atoms with Crippen LogP contribution in [0.3, 0.4) is 0 Å². The molecular weight excluding hydrogens is 410 g/mol. The van der Waals surface area contributed by atoms with Crippen LogP contribution in [0.15, 0.2) is 54.7 Å². The van der Waals surface area contributed by atoms with Crippen molar-refractivity contribution in [3.63, 3.8) is 0 Å². The van der Waals surface area contributed by atoms with Crippen molar-refractivity contribution in [1.29, 1.82) is 0 Å². The second-order valence-electron chi connectivity index (χ2n) is 6.46. The number of nitrogen functional groups attached to an aromatic ring is 1. The number of ketones is 1. The van der Waals surface area contributed by atoms with E-state index in [1.54, 1.807) is 35.6 Å². The number of aromatic amines is 1. The highest BCUT2D eigenvalue weighted by Crippen LogP contribution is 2.29. The normalized spacial score (nSPS) is 11.3. The number of H-pyrrole nitrogens is 1. The van der Waals surface area contributed by atoms with Gasteiger partial charge in [-0.2, -0.15) is 0 Å². The lowest BCUT2D eigenvalue weighted by molar-refractivity contribution is 0.103. The van der Waals surface area contributed by atoms with Crippen molar-refractivity contribution in [2.75, 3.05) is 5.73 Å². The molecule has 5 aromatic rings. The maximum Gasteiger partial charge on any atom is 0.201 e. The van der Waals surface area contributed by atoms with Crippen molar-refractivity contribution < 1.29 is 13.6 Å². The Kier molecular flexibility index (Phi) is 4.14. The average molecular weight is 422 g/mol. The third kappa shape index (κ3) is 2.85. The number of aromatic nitrogens is 5. The van der Waals surface area contributed by atoms with Gasteiger partial charge in [0.05, 0.1) is 16.9 Å². The van der Waals surface area contributed by atoms with Gasteiger partial charge in [0.1, 0.15) is 17.8 Å². The SMILES string of the molecule is Nc1ccc(F)c(C(=O)c2c[nH]c3ncc(-c4csc(-n5ccnc5)n4)cc23)c1F. The molecule has 0 bridgehead atoms. The molecule has 30 heavy (non-hydrogen) atoms. The summed E-state index contributed by atoms with van der Waals surface area (Å²) in [6.07, 6.45) is 8.07. The van der Waals surface area contributed by atoms with Gasteiger partial charge in [-0.05, 0) is 18.2 Å². The van der Waals surface area contributed by atoms with Gasteiger partial charge in [-0.1, -0.05) is 0 Å². The summed E-state index contributed by atoms with van der Waals surface area (Å²) in [7, 11) is 0. The first-order valence-corrected chi connectivity index (χ1v) is 9.60. The van der Waals surface area contributed by atoms with Gasteiger partial charge in [-0.15, -0.1) is 11.3 Å². The number of anilines is 1. The molecule has 0 saturated carbocycles. The summed E-state index contributed by atoms with van der Waals surface area (Å²) in [6, 6.07) is 3.76. The van der Waals surface area contributed by atoms with Gasteiger partial charge in [0.25, 0.3) is 0 Å². The van der Waals surface area contributed by atoms with E-state index in [1.165, 1.54) is 17.5 Å². The van der Waals surface area contributed by atoms with Crippen LogP contribution in [0.4, 0.5) is 14.5 Å². The van der Waals surface area contributed by atoms with Crippen LogP contribution in [0.1, 0.15) is 15.9 Å². The van der Waals surface area contributed by atoms with E-state index in [9.17, 15) is 13.6 Å². The molecule has 0 unspecified atom stereocenters. The van der Waals surface area contributed by atoms with Crippen molar-refractivity contribution in [2.45, 2.75) is 0 Å². The molecule has 7 nitrogen and oxygen atoms in total. The molecular formula is C20H12F2N6OS. The predicted molar refractivity (Wildman–Crippen MR) is 109 cm³/mol. The lowest BCUT2D eigenvalue weighted by atomic mass is 10.0. The van der Waals surface area contributed by atoms with E-state index in [0.717, 1.165) is 17.3 Å². The second kappa shape index (κ2) is 6.85. The number of pyridine rings is 1. The van der Waals surface area contributed by atoms with Crippen LogP contribution in [0.5, 0.6) is 0 Å². The molecule has 0 saturated heterocycles. The fraction of sp³-hybridized carbons (Fsp3) is 0. The zero-order valence-electron chi connectivity index (χ0n) is 15.1. The molecule has 10 heteroatoms. The van der Waals surface area contributed by atoms with Gasteiger partial charge >= 0.3 is 0 Å². The van der Waals surface area contributed by atoms with E-state index < -0.39 is 23.0 Å². The Morgan fingerprint density at radius 1 is 1.27 bits per heavy atom. The van der Waals surface area contributed by atoms with E-state index in [-0.39, 0.29) is 11.3 Å². The minimum Gasteiger partial charge on any atom is -0.396 e. The monoisotopic (exact) mass is 422 g/mol. The molecule has 148 valence electrons. The lowest BCUT2D eigenvalue weighted by Gasteiger charge is -2.06. The highest BCUT2D eigenvalue weighted by atomic mass is 32.1. The molecule has 0 radical (unpaired) electrons. The number of rotatable bonds is 4. The van der Waals surface area contributed by atoms with Crippen LogP contribution in [-0.4, -0.2) is 30.3 Å². The Balaban J connectivity index is 1.59. The topological polar surface area (TPSA) is 102 Å². The van der Waals surface area contributed by atoms with Crippen LogP contribution in [-0.2, 0) is 0 Å². The molecule has 0 amide bonds. The smallest absolute Gasteiger partial charge is 0.201 e. The highest BCUT2D eigenvalue weighted by molar-refractivity contribution is 7.12. The van der Waals surface area contributed by atoms with E-state index in [1.807, 2.05) is 5.38 Å². The minimum absolute atomic E-state index is 0.0906. The molecule has 1 aromatic carbocycles. The van der Waals surface area contributed by atoms with Gasteiger partial charge < -0.3 is 10.7 Å². The molecule has 5 rings (SSSR count). The number of imidazole rings is 1. The first-order chi connectivity index (χ1) is 14.5. The van der Waals surface area contributed by atoms with Gasteiger partial charge in [-0.25, -0.2) is 23.7 Å². The van der Waals surface area contributed by atoms with Gasteiger partial charge in [0.15, 0.2) is 10.9 Å². The summed E-state index contributed by atoms with van der Waals surface area (Å²) in [6.45, 7) is 0. The zero-order chi connectivity index (χ0) is 20.8. The summed E-state index contributed by atoms with van der Waals surface area (Å²) in [5.41, 5.74) is 6.33. The van der Waals surface area contributed by atoms with E-state index in [2.05, 4.69) is 19.9 Å². The summed E-state index contributed by atoms with van der Waals surface area (Å²) in [4.78, 5) is 28.6. The average Bonchev–Trinajstić information content (AvgIpc) is 3.50. The second-order valence-corrected chi connectivity index (χ2v) is 7.30. The number of carbonyl (C=O) groups is 1. The number of benzene rings is 1. The summed E-state index contributed by atoms with van der Waals surface area (Å²) in [5, 5.41) is 3.00. The number of fused-ring (bicyclic) bond motifs is 1. The highest BCUT2D eigenvalue weighted by Gasteiger charge is 2.24. The van der Waals surface area contributed by atoms with Crippen molar-refractivity contribution in [1.82, 2.24) is 24.5 Å². The van der Waals surface area contributed by atoms with E-state index >= 15 is 0 Å². The molecule has 0 atom stereocenters. The molecule has 0 fully saturated rings. The van der Waals surface area contributed by atoms with Gasteiger partial charge in [0, 0.05) is 46.7 Å². The van der Waals surface area contributed by atoms with Crippen LogP contribution in [0.25, 0.3) is 27.4 Å². The standard InChI is InChI=1S/C20H12F2N6OS/c21-13-1-2-14(23)17(22)16(13)18(29)12-7-26-19-11(12)5-10(6-25-19)15-8-30-20(27-15)28-4-3-24-9-28/h1-9H,23H2,(H,25,26). The molecule has 0 aliphatic carbocycles. The van der Waals surface area contributed by atoms with E-state index in [4.69, 9.17) is 5.73 Å². The zero-order valence-corrected chi connectivity index (χ0v) is 16.0. The summed E-state index contributed by atoms with van der Waals surface area (Å²) >= 11 is 1.42. The Morgan fingerprint density at radius 3 is 2.93 bits per heavy atom. The number of nitrogens with one attached hydrogen (secondary N) is 1. The largest absolute Gasteiger partial charge is 0.396 e. The maximum absolute atomic E-state index is 14.4. The van der Waals surface area contributed by atoms with Gasteiger partial charge in [0.2, 0.25) is 5.78 Å². The number of thiazole rings is 1. The molecule has 4 aromatic heterocycles. The number of carbonyl (C=O) groups excluding carboxylic acids is 1. The number of nitrogens with zero attached hydrogens (tertiary/aromatic N) is 4. The molecule has 0 aliphatic rings. The summed E-state index contributed by atoms with van der Waals surface area (Å²) in [5.74, 6) is -2.88. The third-order valence-corrected chi connectivity index (χ3v) is 5.49. The van der Waals surface area contributed by atoms with Crippen molar-refractivity contribution in [3.8, 4) is 16.4 Å². The van der Waals surface area contributed by atoms with Gasteiger partial charge in [-0.3, -0.25) is 9.36 Å². The Bertz CT molecular complexity index is 1410. The molecule has 0 aliphatic heterocycles. The van der Waals surface area contributed by atoms with Crippen molar-refractivity contribution >= 4 is 33.8 Å².